The van der Waals surface area contributed by atoms with Crippen LogP contribution in [0, 0.1) is 0 Å². The van der Waals surface area contributed by atoms with Gasteiger partial charge in [0.25, 0.3) is 0 Å². The Morgan fingerprint density at radius 3 is 2.44 bits per heavy atom. The van der Waals surface area contributed by atoms with Gasteiger partial charge in [-0.05, 0) is 60.1 Å². The van der Waals surface area contributed by atoms with Gasteiger partial charge in [-0.2, -0.15) is 0 Å². The van der Waals surface area contributed by atoms with Crippen LogP contribution in [-0.2, 0) is 17.6 Å². The summed E-state index contributed by atoms with van der Waals surface area (Å²) in [4.78, 5) is 14.3. The Kier molecular flexibility index (Phi) is 7.54. The van der Waals surface area contributed by atoms with Gasteiger partial charge in [0.1, 0.15) is 0 Å². The molecule has 0 bridgehead atoms. The van der Waals surface area contributed by atoms with Crippen LogP contribution in [0.3, 0.4) is 0 Å². The Labute approximate surface area is 172 Å². The summed E-state index contributed by atoms with van der Waals surface area (Å²) in [5.74, 6) is 0.0146. The molecule has 1 unspecified atom stereocenters. The molecule has 0 radical (unpaired) electrons. The standard InChI is InChI=1S/C21H24N2O2.2ClH/c22-21(24)19-8-7-18(23-9-11-25-12-10-23)14-20(19)17-6-5-15-3-1-2-4-16(15)13-17;;/h1-4,7-8,14,17H,5-6,9-13H2,(H2,22,24);2*1H. The Morgan fingerprint density at radius 2 is 1.74 bits per heavy atom. The molecule has 4 rings (SSSR count). The van der Waals surface area contributed by atoms with Crippen LogP contribution in [0.5, 0.6) is 0 Å². The van der Waals surface area contributed by atoms with Gasteiger partial charge in [0, 0.05) is 24.3 Å². The number of anilines is 1. The molecule has 1 aliphatic carbocycles. The van der Waals surface area contributed by atoms with Gasteiger partial charge in [0.05, 0.1) is 13.2 Å². The minimum absolute atomic E-state index is 0. The third-order valence-corrected chi connectivity index (χ3v) is 5.46. The molecular formula is C21H26Cl2N2O2. The van der Waals surface area contributed by atoms with E-state index in [4.69, 9.17) is 10.5 Å². The summed E-state index contributed by atoms with van der Waals surface area (Å²) in [5.41, 5.74) is 11.4. The molecule has 2 aromatic carbocycles. The van der Waals surface area contributed by atoms with E-state index < -0.39 is 0 Å². The minimum atomic E-state index is -0.331. The molecule has 1 heterocycles. The molecule has 1 saturated heterocycles. The largest absolute Gasteiger partial charge is 0.378 e. The summed E-state index contributed by atoms with van der Waals surface area (Å²) in [6.45, 7) is 3.29. The predicted molar refractivity (Wildman–Crippen MR) is 114 cm³/mol. The molecule has 2 N–H and O–H groups in total. The summed E-state index contributed by atoms with van der Waals surface area (Å²) in [7, 11) is 0. The fraction of sp³-hybridized carbons (Fsp3) is 0.381. The smallest absolute Gasteiger partial charge is 0.248 e. The van der Waals surface area contributed by atoms with Gasteiger partial charge < -0.3 is 15.4 Å². The average molecular weight is 409 g/mol. The second-order valence-electron chi connectivity index (χ2n) is 6.94. The maximum Gasteiger partial charge on any atom is 0.248 e. The van der Waals surface area contributed by atoms with Gasteiger partial charge in [-0.1, -0.05) is 24.3 Å². The van der Waals surface area contributed by atoms with Gasteiger partial charge in [-0.25, -0.2) is 0 Å². The van der Waals surface area contributed by atoms with Crippen molar-refractivity contribution < 1.29 is 9.53 Å². The molecule has 0 spiro atoms. The lowest BCUT2D eigenvalue weighted by Gasteiger charge is -2.31. The molecule has 4 nitrogen and oxygen atoms in total. The quantitative estimate of drug-likeness (QED) is 0.841. The van der Waals surface area contributed by atoms with Crippen molar-refractivity contribution in [2.24, 2.45) is 5.73 Å². The lowest BCUT2D eigenvalue weighted by Crippen LogP contribution is -2.36. The SMILES string of the molecule is Cl.Cl.NC(=O)c1ccc(N2CCOCC2)cc1C1CCc2ccccc2C1. The molecular weight excluding hydrogens is 383 g/mol. The summed E-state index contributed by atoms with van der Waals surface area (Å²) in [6, 6.07) is 14.7. The topological polar surface area (TPSA) is 55.6 Å². The molecule has 1 atom stereocenters. The molecule has 0 saturated carbocycles. The van der Waals surface area contributed by atoms with E-state index in [1.165, 1.54) is 16.8 Å². The summed E-state index contributed by atoms with van der Waals surface area (Å²) in [6.07, 6.45) is 3.09. The van der Waals surface area contributed by atoms with Crippen LogP contribution < -0.4 is 10.6 Å². The highest BCUT2D eigenvalue weighted by Crippen LogP contribution is 2.36. The van der Waals surface area contributed by atoms with E-state index in [0.717, 1.165) is 51.1 Å². The number of halogens is 2. The number of nitrogens with zero attached hydrogens (tertiary/aromatic N) is 1. The van der Waals surface area contributed by atoms with Gasteiger partial charge in [0.2, 0.25) is 5.91 Å². The second kappa shape index (κ2) is 9.45. The monoisotopic (exact) mass is 408 g/mol. The number of amides is 1. The Hall–Kier alpha value is -1.75. The van der Waals surface area contributed by atoms with E-state index in [0.29, 0.717) is 11.5 Å². The van der Waals surface area contributed by atoms with Crippen LogP contribution in [0.2, 0.25) is 0 Å². The third kappa shape index (κ3) is 4.57. The number of carbonyl (C=O) groups is 1. The van der Waals surface area contributed by atoms with Crippen LogP contribution in [0.25, 0.3) is 0 Å². The average Bonchev–Trinajstić information content (AvgIpc) is 2.67. The molecule has 0 aromatic heterocycles. The van der Waals surface area contributed by atoms with Crippen LogP contribution in [0.15, 0.2) is 42.5 Å². The van der Waals surface area contributed by atoms with Crippen LogP contribution >= 0.6 is 24.8 Å². The van der Waals surface area contributed by atoms with Crippen molar-refractivity contribution in [2.75, 3.05) is 31.2 Å². The molecule has 27 heavy (non-hydrogen) atoms. The zero-order valence-corrected chi connectivity index (χ0v) is 16.9. The number of primary amides is 1. The number of ether oxygens (including phenoxy) is 1. The third-order valence-electron chi connectivity index (χ3n) is 5.46. The first-order valence-corrected chi connectivity index (χ1v) is 9.05. The Bertz CT molecular complexity index is 792. The van der Waals surface area contributed by atoms with E-state index >= 15 is 0 Å². The number of nitrogens with two attached hydrogens (primary N) is 1. The number of hydrogen-bond donors (Lipinski definition) is 1. The van der Waals surface area contributed by atoms with Gasteiger partial charge in [0.15, 0.2) is 0 Å². The number of aryl methyl sites for hydroxylation is 1. The van der Waals surface area contributed by atoms with Crippen molar-refractivity contribution in [2.45, 2.75) is 25.2 Å². The zero-order valence-electron chi connectivity index (χ0n) is 15.2. The van der Waals surface area contributed by atoms with Crippen molar-refractivity contribution in [3.63, 3.8) is 0 Å². The van der Waals surface area contributed by atoms with Gasteiger partial charge in [-0.15, -0.1) is 24.8 Å². The first-order chi connectivity index (χ1) is 12.2. The number of carbonyl (C=O) groups excluding carboxylic acids is 1. The Morgan fingerprint density at radius 1 is 1.04 bits per heavy atom. The van der Waals surface area contributed by atoms with Crippen LogP contribution in [0.4, 0.5) is 5.69 Å². The maximum atomic E-state index is 12.0. The molecule has 2 aliphatic rings. The summed E-state index contributed by atoms with van der Waals surface area (Å²) < 4.78 is 5.45. The van der Waals surface area contributed by atoms with Crippen molar-refractivity contribution in [3.05, 3.63) is 64.7 Å². The first-order valence-electron chi connectivity index (χ1n) is 9.05. The van der Waals surface area contributed by atoms with Crippen molar-refractivity contribution in [3.8, 4) is 0 Å². The fourth-order valence-corrected chi connectivity index (χ4v) is 4.09. The number of morpholine rings is 1. The maximum absolute atomic E-state index is 12.0. The molecule has 146 valence electrons. The highest BCUT2D eigenvalue weighted by Gasteiger charge is 2.24. The lowest BCUT2D eigenvalue weighted by atomic mass is 9.78. The minimum Gasteiger partial charge on any atom is -0.378 e. The fourth-order valence-electron chi connectivity index (χ4n) is 4.09. The number of rotatable bonds is 3. The molecule has 6 heteroatoms. The Balaban J connectivity index is 0.00000131. The normalized spacial score (nSPS) is 18.7. The summed E-state index contributed by atoms with van der Waals surface area (Å²) >= 11 is 0. The zero-order chi connectivity index (χ0) is 17.2. The van der Waals surface area contributed by atoms with E-state index in [9.17, 15) is 4.79 Å². The highest BCUT2D eigenvalue weighted by molar-refractivity contribution is 5.95. The van der Waals surface area contributed by atoms with Crippen LogP contribution in [0.1, 0.15) is 39.4 Å². The predicted octanol–water partition coefficient (Wildman–Crippen LogP) is 3.74. The number of hydrogen-bond acceptors (Lipinski definition) is 3. The molecule has 1 aliphatic heterocycles. The van der Waals surface area contributed by atoms with E-state index in [-0.39, 0.29) is 30.7 Å². The first kappa shape index (κ1) is 21.5. The number of benzene rings is 2. The van der Waals surface area contributed by atoms with E-state index in [2.05, 4.69) is 35.2 Å². The lowest BCUT2D eigenvalue weighted by molar-refractivity contribution is 0.0998. The van der Waals surface area contributed by atoms with E-state index in [1.807, 2.05) is 12.1 Å². The molecule has 1 amide bonds. The number of fused-ring (bicyclic) bond motifs is 1. The summed E-state index contributed by atoms with van der Waals surface area (Å²) in [5, 5.41) is 0. The molecule has 1 fully saturated rings. The van der Waals surface area contributed by atoms with Gasteiger partial charge >= 0.3 is 0 Å². The molecule has 2 aromatic rings. The van der Waals surface area contributed by atoms with Crippen LogP contribution in [-0.4, -0.2) is 32.2 Å². The van der Waals surface area contributed by atoms with Crippen molar-refractivity contribution >= 4 is 36.4 Å². The van der Waals surface area contributed by atoms with E-state index in [1.54, 1.807) is 0 Å². The highest BCUT2D eigenvalue weighted by atomic mass is 35.5. The van der Waals surface area contributed by atoms with Gasteiger partial charge in [-0.3, -0.25) is 4.79 Å². The van der Waals surface area contributed by atoms with Crippen molar-refractivity contribution in [1.29, 1.82) is 0 Å². The second-order valence-corrected chi connectivity index (χ2v) is 6.94. The van der Waals surface area contributed by atoms with Crippen molar-refractivity contribution in [1.82, 2.24) is 0 Å².